The minimum atomic E-state index is 0.0467. The van der Waals surface area contributed by atoms with Crippen LogP contribution >= 0.6 is 0 Å². The molecular weight excluding hydrogens is 326 g/mol. The van der Waals surface area contributed by atoms with E-state index in [1.165, 1.54) is 0 Å². The molecule has 0 amide bonds. The predicted octanol–water partition coefficient (Wildman–Crippen LogP) is 7.79. The summed E-state index contributed by atoms with van der Waals surface area (Å²) < 4.78 is 0. The van der Waals surface area contributed by atoms with Crippen LogP contribution in [0, 0.1) is 32.5 Å². The van der Waals surface area contributed by atoms with Crippen molar-refractivity contribution in [1.82, 2.24) is 4.90 Å². The first-order valence-electron chi connectivity index (χ1n) is 11.2. The van der Waals surface area contributed by atoms with Gasteiger partial charge >= 0.3 is 0 Å². The van der Waals surface area contributed by atoms with Crippen molar-refractivity contribution in [1.29, 1.82) is 0 Å². The summed E-state index contributed by atoms with van der Waals surface area (Å²) in [4.78, 5) is 2.99. The molecule has 1 nitrogen and oxygen atoms in total. The second kappa shape index (κ2) is 4.98. The molecule has 2 saturated heterocycles. The highest BCUT2D eigenvalue weighted by molar-refractivity contribution is 5.32. The van der Waals surface area contributed by atoms with Gasteiger partial charge in [-0.05, 0) is 67.1 Å². The maximum atomic E-state index is 2.99. The summed E-state index contributed by atoms with van der Waals surface area (Å²) in [6.45, 7) is 43.1. The zero-order valence-corrected chi connectivity index (χ0v) is 21.9. The second-order valence-electron chi connectivity index (χ2n) is 14.3. The van der Waals surface area contributed by atoms with E-state index in [9.17, 15) is 0 Å². The number of fused-ring (bicyclic) bond motifs is 1. The van der Waals surface area contributed by atoms with Gasteiger partial charge in [-0.25, -0.2) is 0 Å². The lowest BCUT2D eigenvalue weighted by molar-refractivity contribution is -0.374. The van der Waals surface area contributed by atoms with Gasteiger partial charge in [-0.1, -0.05) is 83.1 Å². The minimum Gasteiger partial charge on any atom is -0.285 e. The first-order valence-corrected chi connectivity index (χ1v) is 11.2. The summed E-state index contributed by atoms with van der Waals surface area (Å²) in [6, 6.07) is 0. The third kappa shape index (κ3) is 1.84. The molecule has 0 aromatic rings. The van der Waals surface area contributed by atoms with Gasteiger partial charge in [-0.3, -0.25) is 4.90 Å². The maximum absolute atomic E-state index is 2.99. The molecule has 0 bridgehead atoms. The molecule has 0 aromatic heterocycles. The molecule has 0 unspecified atom stereocenters. The third-order valence-corrected chi connectivity index (χ3v) is 13.3. The number of hydrogen-bond donors (Lipinski definition) is 0. The summed E-state index contributed by atoms with van der Waals surface area (Å²) in [5.41, 5.74) is 1.12. The monoisotopic (exact) mass is 377 g/mol. The van der Waals surface area contributed by atoms with Crippen molar-refractivity contribution in [2.75, 3.05) is 0 Å². The number of hydrogen-bond acceptors (Lipinski definition) is 1. The zero-order chi connectivity index (χ0) is 22.1. The lowest BCUT2D eigenvalue weighted by Gasteiger charge is -2.86. The lowest BCUT2D eigenvalue weighted by atomic mass is 9.30. The fraction of sp³-hybridized carbons (Fsp3) is 1.00. The Morgan fingerprint density at radius 2 is 0.519 bits per heavy atom. The smallest absolute Gasteiger partial charge is 0.0304 e. The fourth-order valence-electron chi connectivity index (χ4n) is 8.03. The summed E-state index contributed by atoms with van der Waals surface area (Å²) in [7, 11) is 0. The number of rotatable bonds is 0. The van der Waals surface area contributed by atoms with E-state index in [2.05, 4.69) is 123 Å². The normalized spacial score (nSPS) is 35.9. The Hall–Kier alpha value is -0.0400. The molecule has 0 saturated carbocycles. The van der Waals surface area contributed by atoms with Gasteiger partial charge in [0.1, 0.15) is 0 Å². The highest BCUT2D eigenvalue weighted by Crippen LogP contribution is 2.79. The standard InChI is InChI=1S/C26H51N/c1-18(2)20(5,6)24(13,14)27-25(15,16)21(7,8)19(3,4)23(11,12)26(27,17)22(18,9)10/h1-17H3. The van der Waals surface area contributed by atoms with E-state index >= 15 is 0 Å². The molecule has 0 atom stereocenters. The fourth-order valence-corrected chi connectivity index (χ4v) is 8.03. The van der Waals surface area contributed by atoms with E-state index in [0.29, 0.717) is 0 Å². The molecule has 2 heterocycles. The van der Waals surface area contributed by atoms with Crippen LogP contribution < -0.4 is 0 Å². The quantitative estimate of drug-likeness (QED) is 0.416. The number of nitrogens with zero attached hydrogens (tertiary/aromatic N) is 1. The van der Waals surface area contributed by atoms with Crippen LogP contribution in [0.1, 0.15) is 118 Å². The SMILES string of the molecule is CC1(C)N2C(C)(C)C(C)(C)C(C)(C)C(C)(C)C2(C)C(C)(C)C(C)(C)C1(C)C. The van der Waals surface area contributed by atoms with Gasteiger partial charge in [-0.15, -0.1) is 0 Å². The van der Waals surface area contributed by atoms with E-state index in [4.69, 9.17) is 0 Å². The van der Waals surface area contributed by atoms with Crippen molar-refractivity contribution >= 4 is 0 Å². The molecule has 2 aliphatic rings. The molecule has 160 valence electrons. The van der Waals surface area contributed by atoms with Gasteiger partial charge in [0.15, 0.2) is 0 Å². The molecular formula is C26H51N. The van der Waals surface area contributed by atoms with Crippen molar-refractivity contribution < 1.29 is 0 Å². The third-order valence-electron chi connectivity index (χ3n) is 13.3. The van der Waals surface area contributed by atoms with Gasteiger partial charge in [0.25, 0.3) is 0 Å². The second-order valence-corrected chi connectivity index (χ2v) is 14.3. The van der Waals surface area contributed by atoms with Crippen LogP contribution in [0.3, 0.4) is 0 Å². The van der Waals surface area contributed by atoms with Crippen molar-refractivity contribution in [2.24, 2.45) is 32.5 Å². The van der Waals surface area contributed by atoms with Crippen LogP contribution in [0.25, 0.3) is 0 Å². The molecule has 2 fully saturated rings. The van der Waals surface area contributed by atoms with E-state index in [1.807, 2.05) is 0 Å². The Labute approximate surface area is 172 Å². The van der Waals surface area contributed by atoms with E-state index in [1.54, 1.807) is 0 Å². The van der Waals surface area contributed by atoms with Crippen molar-refractivity contribution in [3.05, 3.63) is 0 Å². The molecule has 27 heavy (non-hydrogen) atoms. The highest BCUT2D eigenvalue weighted by atomic mass is 15.4. The summed E-state index contributed by atoms with van der Waals surface area (Å²) >= 11 is 0. The topological polar surface area (TPSA) is 3.24 Å². The molecule has 0 radical (unpaired) electrons. The first kappa shape index (κ1) is 23.2. The van der Waals surface area contributed by atoms with Gasteiger partial charge in [-0.2, -0.15) is 0 Å². The van der Waals surface area contributed by atoms with Gasteiger partial charge in [0.2, 0.25) is 0 Å². The van der Waals surface area contributed by atoms with Crippen LogP contribution in [-0.4, -0.2) is 21.5 Å². The molecule has 2 aliphatic heterocycles. The minimum absolute atomic E-state index is 0.0467. The van der Waals surface area contributed by atoms with Crippen molar-refractivity contribution in [3.63, 3.8) is 0 Å². The van der Waals surface area contributed by atoms with Crippen LogP contribution in [0.5, 0.6) is 0 Å². The van der Waals surface area contributed by atoms with E-state index in [-0.39, 0.29) is 49.1 Å². The largest absolute Gasteiger partial charge is 0.285 e. The molecule has 2 rings (SSSR count). The molecule has 0 aromatic carbocycles. The van der Waals surface area contributed by atoms with Gasteiger partial charge in [0, 0.05) is 16.6 Å². The summed E-state index contributed by atoms with van der Waals surface area (Å²) in [6.07, 6.45) is 0. The molecule has 0 aliphatic carbocycles. The Morgan fingerprint density at radius 1 is 0.296 bits per heavy atom. The van der Waals surface area contributed by atoms with Crippen LogP contribution in [0.15, 0.2) is 0 Å². The lowest BCUT2D eigenvalue weighted by Crippen LogP contribution is -2.91. The Bertz CT molecular complexity index is 585. The van der Waals surface area contributed by atoms with Gasteiger partial charge in [0.05, 0.1) is 0 Å². The van der Waals surface area contributed by atoms with Crippen molar-refractivity contribution in [3.8, 4) is 0 Å². The predicted molar refractivity (Wildman–Crippen MR) is 121 cm³/mol. The zero-order valence-electron chi connectivity index (χ0n) is 21.9. The average Bonchev–Trinajstić information content (AvgIpc) is 2.42. The van der Waals surface area contributed by atoms with Crippen molar-refractivity contribution in [2.45, 2.75) is 134 Å². The maximum Gasteiger partial charge on any atom is 0.0304 e. The Kier molecular flexibility index (Phi) is 4.29. The molecule has 0 N–H and O–H groups in total. The first-order chi connectivity index (χ1) is 11.4. The van der Waals surface area contributed by atoms with Crippen LogP contribution in [-0.2, 0) is 0 Å². The number of piperidine rings is 2. The average molecular weight is 378 g/mol. The van der Waals surface area contributed by atoms with Crippen LogP contribution in [0.2, 0.25) is 0 Å². The van der Waals surface area contributed by atoms with Gasteiger partial charge < -0.3 is 0 Å². The highest BCUT2D eigenvalue weighted by Gasteiger charge is 2.81. The Morgan fingerprint density at radius 3 is 0.741 bits per heavy atom. The van der Waals surface area contributed by atoms with E-state index in [0.717, 1.165) is 0 Å². The van der Waals surface area contributed by atoms with Crippen LogP contribution in [0.4, 0.5) is 0 Å². The Balaban J connectivity index is 3.11. The van der Waals surface area contributed by atoms with E-state index < -0.39 is 0 Å². The molecule has 0 spiro atoms. The summed E-state index contributed by atoms with van der Waals surface area (Å²) in [5, 5.41) is 0. The molecule has 1 heteroatoms. The summed E-state index contributed by atoms with van der Waals surface area (Å²) in [5.74, 6) is 0.